The Labute approximate surface area is 265 Å². The molecule has 45 heavy (non-hydrogen) atoms. The maximum absolute atomic E-state index is 15.0. The standard InChI is InChI=1S/C34H37FN4O5S/c1-42-14-15-43-22-33(41)39-12-10-38(11-13-39)21-25-4-6-28(37-20-25)32-19-29-34(45-32)31(8-9-36-29)44-30-7-5-24(18-27(30)35)17-26(40)16-23-2-3-23/h4-9,18-20,23H,2-3,10-17,21-22H2,1H3. The Morgan fingerprint density at radius 2 is 1.80 bits per heavy atom. The van der Waals surface area contributed by atoms with Gasteiger partial charge in [-0.2, -0.15) is 0 Å². The summed E-state index contributed by atoms with van der Waals surface area (Å²) in [5.41, 5.74) is 3.33. The van der Waals surface area contributed by atoms with Crippen LogP contribution in [-0.4, -0.2) is 84.6 Å². The molecular formula is C34H37FN4O5S. The predicted molar refractivity (Wildman–Crippen MR) is 170 cm³/mol. The van der Waals surface area contributed by atoms with Crippen molar-refractivity contribution >= 4 is 33.2 Å². The Kier molecular flexibility index (Phi) is 10.1. The molecule has 1 saturated carbocycles. The normalized spacial score (nSPS) is 15.5. The summed E-state index contributed by atoms with van der Waals surface area (Å²) in [5, 5.41) is 0. The highest BCUT2D eigenvalue weighted by Crippen LogP contribution is 2.39. The molecule has 1 saturated heterocycles. The smallest absolute Gasteiger partial charge is 0.248 e. The lowest BCUT2D eigenvalue weighted by Gasteiger charge is -2.34. The van der Waals surface area contributed by atoms with Crippen molar-refractivity contribution in [2.75, 3.05) is 53.1 Å². The predicted octanol–water partition coefficient (Wildman–Crippen LogP) is 5.51. The number of carbonyl (C=O) groups is 2. The number of piperazine rings is 1. The van der Waals surface area contributed by atoms with Crippen molar-refractivity contribution < 1.29 is 28.2 Å². The summed E-state index contributed by atoms with van der Waals surface area (Å²) in [6.45, 7) is 4.66. The molecule has 11 heteroatoms. The first kappa shape index (κ1) is 31.2. The molecule has 0 atom stereocenters. The number of hydrogen-bond donors (Lipinski definition) is 0. The SMILES string of the molecule is COCCOCC(=O)N1CCN(Cc2ccc(-c3cc4nccc(Oc5ccc(CC(=O)CC6CC6)cc5F)c4s3)nc2)CC1. The molecule has 0 radical (unpaired) electrons. The Hall–Kier alpha value is -3.77. The van der Waals surface area contributed by atoms with E-state index >= 15 is 0 Å². The zero-order valence-electron chi connectivity index (χ0n) is 25.4. The topological polar surface area (TPSA) is 94.1 Å². The summed E-state index contributed by atoms with van der Waals surface area (Å²) in [4.78, 5) is 38.9. The van der Waals surface area contributed by atoms with Gasteiger partial charge in [0.15, 0.2) is 11.6 Å². The van der Waals surface area contributed by atoms with Crippen molar-refractivity contribution in [1.82, 2.24) is 19.8 Å². The van der Waals surface area contributed by atoms with Gasteiger partial charge in [-0.1, -0.05) is 12.1 Å². The van der Waals surface area contributed by atoms with Crippen LogP contribution in [0.25, 0.3) is 20.8 Å². The molecule has 1 aromatic carbocycles. The van der Waals surface area contributed by atoms with E-state index in [1.54, 1.807) is 31.5 Å². The van der Waals surface area contributed by atoms with Gasteiger partial charge in [-0.05, 0) is 54.2 Å². The molecule has 2 aliphatic rings. The molecule has 9 nitrogen and oxygen atoms in total. The van der Waals surface area contributed by atoms with E-state index < -0.39 is 5.82 Å². The summed E-state index contributed by atoms with van der Waals surface area (Å²) in [6.07, 6.45) is 6.61. The highest BCUT2D eigenvalue weighted by molar-refractivity contribution is 7.22. The van der Waals surface area contributed by atoms with E-state index in [1.807, 2.05) is 23.2 Å². The summed E-state index contributed by atoms with van der Waals surface area (Å²) in [5.74, 6) is 0.819. The number of rotatable bonds is 14. The van der Waals surface area contributed by atoms with Crippen molar-refractivity contribution in [2.45, 2.75) is 32.2 Å². The number of thiophene rings is 1. The van der Waals surface area contributed by atoms with Crippen LogP contribution in [0.2, 0.25) is 0 Å². The van der Waals surface area contributed by atoms with Crippen LogP contribution in [-0.2, 0) is 32.0 Å². The van der Waals surface area contributed by atoms with Crippen LogP contribution in [0.3, 0.4) is 0 Å². The van der Waals surface area contributed by atoms with Crippen molar-refractivity contribution in [1.29, 1.82) is 0 Å². The number of aromatic nitrogens is 2. The van der Waals surface area contributed by atoms with E-state index in [1.165, 1.54) is 17.4 Å². The Bertz CT molecular complexity index is 1630. The zero-order valence-corrected chi connectivity index (χ0v) is 26.2. The molecule has 6 rings (SSSR count). The van der Waals surface area contributed by atoms with Crippen LogP contribution in [0.1, 0.15) is 30.4 Å². The van der Waals surface area contributed by atoms with E-state index in [9.17, 15) is 14.0 Å². The van der Waals surface area contributed by atoms with Crippen molar-refractivity contribution in [3.8, 4) is 22.1 Å². The molecule has 1 aliphatic carbocycles. The maximum Gasteiger partial charge on any atom is 0.248 e. The second-order valence-corrected chi connectivity index (χ2v) is 12.7. The fourth-order valence-electron chi connectivity index (χ4n) is 5.39. The van der Waals surface area contributed by atoms with E-state index in [4.69, 9.17) is 19.2 Å². The van der Waals surface area contributed by atoms with E-state index in [-0.39, 0.29) is 30.5 Å². The quantitative estimate of drug-likeness (QED) is 0.168. The van der Waals surface area contributed by atoms with Crippen LogP contribution in [0.5, 0.6) is 11.5 Å². The molecule has 236 valence electrons. The summed E-state index contributed by atoms with van der Waals surface area (Å²) >= 11 is 1.50. The summed E-state index contributed by atoms with van der Waals surface area (Å²) in [7, 11) is 1.61. The third kappa shape index (κ3) is 8.29. The van der Waals surface area contributed by atoms with E-state index in [2.05, 4.69) is 16.0 Å². The number of fused-ring (bicyclic) bond motifs is 1. The second-order valence-electron chi connectivity index (χ2n) is 11.6. The summed E-state index contributed by atoms with van der Waals surface area (Å²) in [6, 6.07) is 12.5. The number of ketones is 1. The van der Waals surface area contributed by atoms with Gasteiger partial charge in [0.05, 0.1) is 34.0 Å². The minimum atomic E-state index is -0.495. The number of Topliss-reactive ketones (excluding diaryl/α,β-unsaturated/α-hetero) is 1. The van der Waals surface area contributed by atoms with Crippen molar-refractivity contribution in [2.24, 2.45) is 5.92 Å². The first-order valence-electron chi connectivity index (χ1n) is 15.3. The van der Waals surface area contributed by atoms with Crippen LogP contribution in [0.4, 0.5) is 4.39 Å². The number of carbonyl (C=O) groups excluding carboxylic acids is 2. The van der Waals surface area contributed by atoms with Crippen LogP contribution in [0.15, 0.2) is 54.9 Å². The van der Waals surface area contributed by atoms with E-state index in [0.29, 0.717) is 50.0 Å². The first-order valence-corrected chi connectivity index (χ1v) is 16.2. The molecule has 3 aromatic heterocycles. The number of halogens is 1. The van der Waals surface area contributed by atoms with Crippen LogP contribution >= 0.6 is 11.3 Å². The molecule has 4 aromatic rings. The number of nitrogens with zero attached hydrogens (tertiary/aromatic N) is 4. The second kappa shape index (κ2) is 14.6. The van der Waals surface area contributed by atoms with Gasteiger partial charge in [0.1, 0.15) is 18.1 Å². The molecule has 0 N–H and O–H groups in total. The lowest BCUT2D eigenvalue weighted by atomic mass is 10.0. The third-order valence-corrected chi connectivity index (χ3v) is 9.23. The fourth-order valence-corrected chi connectivity index (χ4v) is 6.43. The molecule has 0 spiro atoms. The van der Waals surface area contributed by atoms with Gasteiger partial charge >= 0.3 is 0 Å². The van der Waals surface area contributed by atoms with Crippen LogP contribution in [0, 0.1) is 11.7 Å². The minimum absolute atomic E-state index is 0.0123. The number of benzene rings is 1. The first-order chi connectivity index (χ1) is 21.9. The molecule has 2 fully saturated rings. The number of ether oxygens (including phenoxy) is 3. The Balaban J connectivity index is 1.05. The van der Waals surface area contributed by atoms with Gasteiger partial charge in [0, 0.05) is 71.1 Å². The molecule has 4 heterocycles. The minimum Gasteiger partial charge on any atom is -0.453 e. The highest BCUT2D eigenvalue weighted by atomic mass is 32.1. The number of methoxy groups -OCH3 is 1. The molecular weight excluding hydrogens is 595 g/mol. The van der Waals surface area contributed by atoms with Gasteiger partial charge in [-0.15, -0.1) is 11.3 Å². The average molecular weight is 633 g/mol. The van der Waals surface area contributed by atoms with Gasteiger partial charge in [0.2, 0.25) is 5.91 Å². The fraction of sp³-hybridized carbons (Fsp3) is 0.412. The van der Waals surface area contributed by atoms with Crippen molar-refractivity contribution in [3.63, 3.8) is 0 Å². The number of pyridine rings is 2. The molecule has 1 amide bonds. The lowest BCUT2D eigenvalue weighted by Crippen LogP contribution is -2.49. The maximum atomic E-state index is 15.0. The zero-order chi connectivity index (χ0) is 31.2. The Morgan fingerprint density at radius 1 is 0.978 bits per heavy atom. The van der Waals surface area contributed by atoms with Crippen LogP contribution < -0.4 is 4.74 Å². The summed E-state index contributed by atoms with van der Waals surface area (Å²) < 4.78 is 32.1. The number of hydrogen-bond acceptors (Lipinski definition) is 9. The molecule has 0 unspecified atom stereocenters. The molecule has 1 aliphatic heterocycles. The van der Waals surface area contributed by atoms with E-state index in [0.717, 1.165) is 58.8 Å². The Morgan fingerprint density at radius 3 is 2.53 bits per heavy atom. The average Bonchev–Trinajstić information content (AvgIpc) is 3.74. The van der Waals surface area contributed by atoms with Gasteiger partial charge in [-0.25, -0.2) is 4.39 Å². The lowest BCUT2D eigenvalue weighted by molar-refractivity contribution is -0.138. The third-order valence-electron chi connectivity index (χ3n) is 8.07. The molecule has 0 bridgehead atoms. The largest absolute Gasteiger partial charge is 0.453 e. The van der Waals surface area contributed by atoms with Gasteiger partial charge in [0.25, 0.3) is 0 Å². The van der Waals surface area contributed by atoms with Gasteiger partial charge in [-0.3, -0.25) is 24.5 Å². The highest BCUT2D eigenvalue weighted by Gasteiger charge is 2.25. The number of amides is 1. The van der Waals surface area contributed by atoms with Gasteiger partial charge < -0.3 is 19.1 Å². The van der Waals surface area contributed by atoms with Crippen molar-refractivity contribution in [3.05, 3.63) is 71.8 Å². The monoisotopic (exact) mass is 632 g/mol.